The first-order chi connectivity index (χ1) is 20.6. The molecule has 5 unspecified atom stereocenters. The molecule has 0 bridgehead atoms. The predicted octanol–water partition coefficient (Wildman–Crippen LogP) is 1.67. The molecule has 0 fully saturated rings. The van der Waals surface area contributed by atoms with Crippen molar-refractivity contribution in [2.24, 2.45) is 16.8 Å². The molecule has 16 nitrogen and oxygen atoms in total. The highest BCUT2D eigenvalue weighted by Gasteiger charge is 2.40. The number of hydrogen-bond donors (Lipinski definition) is 6. The van der Waals surface area contributed by atoms with E-state index < -0.39 is 56.6 Å². The van der Waals surface area contributed by atoms with E-state index in [0.29, 0.717) is 5.03 Å². The number of rotatable bonds is 20. The van der Waals surface area contributed by atoms with Gasteiger partial charge in [0.15, 0.2) is 5.82 Å². The second-order valence-electron chi connectivity index (χ2n) is 10.3. The molecule has 0 saturated carbocycles. The van der Waals surface area contributed by atoms with Gasteiger partial charge in [0.05, 0.1) is 25.9 Å². The van der Waals surface area contributed by atoms with Crippen LogP contribution in [-0.2, 0) is 32.9 Å². The highest BCUT2D eigenvalue weighted by atomic mass is 32.2. The van der Waals surface area contributed by atoms with Crippen molar-refractivity contribution in [2.75, 3.05) is 44.7 Å². The van der Waals surface area contributed by atoms with Crippen LogP contribution in [0.15, 0.2) is 10.0 Å². The number of hydrogen-bond acceptors (Lipinski definition) is 15. The number of carbonyl (C=O) groups is 2. The standard InChI is InChI=1S/C26H48N7O9PS/c1-9-40-24(36)18(14(3)4)32-43(38,33-19(15(5)6)25(37)41-10-2)42-13-17(39-7)21(35)16(34)11-12-29-20-22(27)30-26(28)31-23(20)44-8/h12,14-19,21,34-35H,9-11,13H2,1-8H3,(H2,32,33,38)(H4,27,28,30,31)/t16?,17?,18-,19?,21?,43?/m0/s1. The number of aliphatic hydroxyl groups excluding tert-OH is 2. The number of nitrogen functional groups attached to an aromatic ring is 2. The Bertz CT molecular complexity index is 1110. The first-order valence-corrected chi connectivity index (χ1v) is 17.0. The van der Waals surface area contributed by atoms with Gasteiger partial charge in [-0.2, -0.15) is 4.98 Å². The third-order valence-electron chi connectivity index (χ3n) is 6.19. The Morgan fingerprint density at radius 3 is 1.98 bits per heavy atom. The molecular weight excluding hydrogens is 617 g/mol. The maximum absolute atomic E-state index is 14.2. The van der Waals surface area contributed by atoms with Crippen molar-refractivity contribution < 1.29 is 43.1 Å². The summed E-state index contributed by atoms with van der Waals surface area (Å²) < 4.78 is 35.6. The molecule has 6 atom stereocenters. The number of aromatic nitrogens is 2. The van der Waals surface area contributed by atoms with Crippen molar-refractivity contribution in [3.8, 4) is 0 Å². The van der Waals surface area contributed by atoms with Crippen LogP contribution in [0.3, 0.4) is 0 Å². The smallest absolute Gasteiger partial charge is 0.342 e. The second-order valence-corrected chi connectivity index (χ2v) is 12.9. The lowest BCUT2D eigenvalue weighted by atomic mass is 10.1. The lowest BCUT2D eigenvalue weighted by Crippen LogP contribution is -2.49. The summed E-state index contributed by atoms with van der Waals surface area (Å²) in [6.07, 6.45) is -1.16. The first-order valence-electron chi connectivity index (χ1n) is 14.2. The lowest BCUT2D eigenvalue weighted by Gasteiger charge is -2.32. The van der Waals surface area contributed by atoms with E-state index in [1.54, 1.807) is 47.8 Å². The van der Waals surface area contributed by atoms with Crippen LogP contribution in [0.4, 0.5) is 17.5 Å². The zero-order valence-corrected chi connectivity index (χ0v) is 28.3. The number of methoxy groups -OCH3 is 1. The molecule has 0 amide bonds. The summed E-state index contributed by atoms with van der Waals surface area (Å²) in [5, 5.41) is 27.4. The highest BCUT2D eigenvalue weighted by molar-refractivity contribution is 7.98. The maximum Gasteiger partial charge on any atom is 0.342 e. The molecule has 1 aromatic rings. The average molecular weight is 666 g/mol. The molecule has 0 aromatic carbocycles. The van der Waals surface area contributed by atoms with Gasteiger partial charge in [0, 0.05) is 19.7 Å². The third-order valence-corrected chi connectivity index (χ3v) is 8.61. The lowest BCUT2D eigenvalue weighted by molar-refractivity contribution is -0.146. The number of aliphatic hydroxyl groups is 2. The van der Waals surface area contributed by atoms with Crippen molar-refractivity contribution in [3.05, 3.63) is 0 Å². The van der Waals surface area contributed by atoms with E-state index in [2.05, 4.69) is 25.1 Å². The third kappa shape index (κ3) is 12.2. The van der Waals surface area contributed by atoms with Crippen LogP contribution in [-0.4, -0.2) is 102 Å². The summed E-state index contributed by atoms with van der Waals surface area (Å²) in [4.78, 5) is 37.5. The molecule has 1 aromatic heterocycles. The predicted molar refractivity (Wildman–Crippen MR) is 169 cm³/mol. The Morgan fingerprint density at radius 2 is 1.55 bits per heavy atom. The van der Waals surface area contributed by atoms with Crippen LogP contribution >= 0.6 is 19.4 Å². The molecule has 0 aliphatic rings. The van der Waals surface area contributed by atoms with Gasteiger partial charge in [-0.3, -0.25) is 19.1 Å². The summed E-state index contributed by atoms with van der Waals surface area (Å²) in [6.45, 7) is 9.82. The van der Waals surface area contributed by atoms with Crippen LogP contribution in [0.2, 0.25) is 0 Å². The Balaban J connectivity index is 3.19. The summed E-state index contributed by atoms with van der Waals surface area (Å²) in [5.41, 5.74) is 11.8. The van der Waals surface area contributed by atoms with Crippen molar-refractivity contribution in [1.29, 1.82) is 0 Å². The van der Waals surface area contributed by atoms with E-state index >= 15 is 0 Å². The van der Waals surface area contributed by atoms with E-state index in [0.717, 1.165) is 0 Å². The van der Waals surface area contributed by atoms with E-state index in [-0.39, 0.29) is 48.9 Å². The Hall–Kier alpha value is -2.37. The molecule has 1 heterocycles. The first kappa shape index (κ1) is 39.7. The Morgan fingerprint density at radius 1 is 1.02 bits per heavy atom. The SMILES string of the molecule is CCOC(=O)C(NP(=O)(N[C@H](C(=O)OCC)C(C)C)OCC(OC)C(O)C(O)CC=Nc1c(N)nc(N)nc1SC)C(C)C. The number of thioether (sulfide) groups is 1. The van der Waals surface area contributed by atoms with Gasteiger partial charge in [-0.05, 0) is 31.9 Å². The monoisotopic (exact) mass is 665 g/mol. The topological polar surface area (TPSA) is 243 Å². The number of nitrogens with two attached hydrogens (primary N) is 2. The quantitative estimate of drug-likeness (QED) is 0.0381. The van der Waals surface area contributed by atoms with Gasteiger partial charge in [-0.25, -0.2) is 15.2 Å². The van der Waals surface area contributed by atoms with Crippen molar-refractivity contribution in [3.63, 3.8) is 0 Å². The fourth-order valence-electron chi connectivity index (χ4n) is 3.75. The maximum atomic E-state index is 14.2. The fraction of sp³-hybridized carbons (Fsp3) is 0.731. The number of anilines is 2. The van der Waals surface area contributed by atoms with Crippen molar-refractivity contribution >= 4 is 55.0 Å². The van der Waals surface area contributed by atoms with Crippen LogP contribution in [0.25, 0.3) is 0 Å². The van der Waals surface area contributed by atoms with E-state index in [9.17, 15) is 24.4 Å². The minimum atomic E-state index is -4.25. The van der Waals surface area contributed by atoms with Crippen LogP contribution in [0, 0.1) is 11.8 Å². The van der Waals surface area contributed by atoms with E-state index in [1.165, 1.54) is 25.1 Å². The molecule has 44 heavy (non-hydrogen) atoms. The number of carbonyl (C=O) groups excluding carboxylic acids is 2. The second kappa shape index (κ2) is 19.2. The fourth-order valence-corrected chi connectivity index (χ4v) is 6.40. The molecular formula is C26H48N7O9PS. The van der Waals surface area contributed by atoms with Gasteiger partial charge < -0.3 is 40.4 Å². The van der Waals surface area contributed by atoms with Crippen LogP contribution in [0.1, 0.15) is 48.0 Å². The summed E-state index contributed by atoms with van der Waals surface area (Å²) >= 11 is 1.26. The molecule has 0 saturated heterocycles. The molecule has 18 heteroatoms. The Labute approximate surface area is 263 Å². The number of nitrogens with one attached hydrogen (secondary N) is 2. The van der Waals surface area contributed by atoms with E-state index in [4.69, 9.17) is 30.2 Å². The zero-order chi connectivity index (χ0) is 33.6. The number of aliphatic imine (C=N–C) groups is 1. The normalized spacial score (nSPS) is 16.8. The summed E-state index contributed by atoms with van der Waals surface area (Å²) in [6, 6.07) is -2.15. The van der Waals surface area contributed by atoms with Crippen LogP contribution in [0.5, 0.6) is 0 Å². The molecule has 0 radical (unpaired) electrons. The molecule has 0 aliphatic heterocycles. The Kier molecular flexibility index (Phi) is 17.3. The number of nitrogens with zero attached hydrogens (tertiary/aromatic N) is 3. The summed E-state index contributed by atoms with van der Waals surface area (Å²) in [7, 11) is -2.98. The van der Waals surface area contributed by atoms with Crippen molar-refractivity contribution in [2.45, 2.75) is 83.4 Å². The minimum Gasteiger partial charge on any atom is -0.465 e. The van der Waals surface area contributed by atoms with Gasteiger partial charge in [-0.1, -0.05) is 27.7 Å². The van der Waals surface area contributed by atoms with Gasteiger partial charge in [0.1, 0.15) is 35.0 Å². The van der Waals surface area contributed by atoms with Gasteiger partial charge in [0.25, 0.3) is 0 Å². The van der Waals surface area contributed by atoms with Crippen molar-refractivity contribution in [1.82, 2.24) is 20.1 Å². The van der Waals surface area contributed by atoms with E-state index in [1.807, 2.05) is 0 Å². The van der Waals surface area contributed by atoms with Gasteiger partial charge in [0.2, 0.25) is 5.95 Å². The molecule has 0 spiro atoms. The largest absolute Gasteiger partial charge is 0.465 e. The minimum absolute atomic E-state index is 0.00518. The molecule has 8 N–H and O–H groups in total. The number of ether oxygens (including phenoxy) is 3. The average Bonchev–Trinajstić information content (AvgIpc) is 2.95. The molecule has 0 aliphatic carbocycles. The molecule has 252 valence electrons. The van der Waals surface area contributed by atoms with Gasteiger partial charge >= 0.3 is 19.6 Å². The highest BCUT2D eigenvalue weighted by Crippen LogP contribution is 2.41. The zero-order valence-electron chi connectivity index (χ0n) is 26.6. The number of esters is 2. The van der Waals surface area contributed by atoms with Gasteiger partial charge in [-0.15, -0.1) is 11.8 Å². The van der Waals surface area contributed by atoms with Crippen LogP contribution < -0.4 is 21.6 Å². The summed E-state index contributed by atoms with van der Waals surface area (Å²) in [5.74, 6) is -2.05. The molecule has 1 rings (SSSR count).